The summed E-state index contributed by atoms with van der Waals surface area (Å²) in [6.45, 7) is 7.92. The summed E-state index contributed by atoms with van der Waals surface area (Å²) < 4.78 is 5.87. The second-order valence-corrected chi connectivity index (χ2v) is 4.80. The number of likely N-dealkylation sites (N-methyl/N-ethyl adjacent to an activating group) is 1. The number of hydrogen-bond donors (Lipinski definition) is 1. The molecule has 20 heavy (non-hydrogen) atoms. The van der Waals surface area contributed by atoms with E-state index in [-0.39, 0.29) is 6.61 Å². The highest BCUT2D eigenvalue weighted by Gasteiger charge is 2.08. The van der Waals surface area contributed by atoms with Crippen LogP contribution in [0.15, 0.2) is 36.4 Å². The first kappa shape index (κ1) is 14.8. The van der Waals surface area contributed by atoms with E-state index in [0.29, 0.717) is 6.61 Å². The van der Waals surface area contributed by atoms with Crippen molar-refractivity contribution in [3.8, 4) is 5.75 Å². The van der Waals surface area contributed by atoms with Crippen LogP contribution in [0.1, 0.15) is 19.4 Å². The maximum Gasteiger partial charge on any atom is 0.125 e. The Bertz CT molecular complexity index is 550. The molecule has 2 aromatic rings. The fraction of sp³-hybridized carbons (Fsp3) is 0.412. The van der Waals surface area contributed by atoms with Crippen molar-refractivity contribution in [3.05, 3.63) is 42.0 Å². The summed E-state index contributed by atoms with van der Waals surface area (Å²) in [5, 5.41) is 11.8. The molecule has 0 fully saturated rings. The van der Waals surface area contributed by atoms with Gasteiger partial charge in [0.1, 0.15) is 12.4 Å². The molecule has 0 amide bonds. The molecule has 0 aromatic heterocycles. The number of fused-ring (bicyclic) bond motifs is 1. The molecule has 2 aromatic carbocycles. The standard InChI is InChI=1S/C17H23NO2/c1-3-18(4-2)11-12-20-17-10-9-14-7-5-6-8-15(14)16(17)13-19/h5-10,19H,3-4,11-13H2,1-2H3. The van der Waals surface area contributed by atoms with Gasteiger partial charge < -0.3 is 14.7 Å². The number of rotatable bonds is 7. The highest BCUT2D eigenvalue weighted by atomic mass is 16.5. The Labute approximate surface area is 120 Å². The van der Waals surface area contributed by atoms with Gasteiger partial charge in [0.25, 0.3) is 0 Å². The van der Waals surface area contributed by atoms with Crippen LogP contribution in [-0.4, -0.2) is 36.2 Å². The molecular weight excluding hydrogens is 250 g/mol. The highest BCUT2D eigenvalue weighted by Crippen LogP contribution is 2.28. The number of nitrogens with zero attached hydrogens (tertiary/aromatic N) is 1. The third-order valence-electron chi connectivity index (χ3n) is 3.72. The lowest BCUT2D eigenvalue weighted by Crippen LogP contribution is -2.28. The molecule has 0 saturated heterocycles. The van der Waals surface area contributed by atoms with E-state index in [2.05, 4.69) is 18.7 Å². The van der Waals surface area contributed by atoms with Gasteiger partial charge in [-0.05, 0) is 29.9 Å². The van der Waals surface area contributed by atoms with Crippen molar-refractivity contribution in [1.82, 2.24) is 4.90 Å². The lowest BCUT2D eigenvalue weighted by Gasteiger charge is -2.19. The fourth-order valence-corrected chi connectivity index (χ4v) is 2.44. The minimum atomic E-state index is 0.00194. The number of benzene rings is 2. The van der Waals surface area contributed by atoms with Crippen molar-refractivity contribution in [3.63, 3.8) is 0 Å². The van der Waals surface area contributed by atoms with E-state index in [1.807, 2.05) is 36.4 Å². The Morgan fingerprint density at radius 2 is 1.80 bits per heavy atom. The van der Waals surface area contributed by atoms with Crippen LogP contribution in [0.2, 0.25) is 0 Å². The van der Waals surface area contributed by atoms with Gasteiger partial charge in [0.15, 0.2) is 0 Å². The smallest absolute Gasteiger partial charge is 0.125 e. The summed E-state index contributed by atoms with van der Waals surface area (Å²) >= 11 is 0. The summed E-state index contributed by atoms with van der Waals surface area (Å²) in [6.07, 6.45) is 0. The largest absolute Gasteiger partial charge is 0.492 e. The van der Waals surface area contributed by atoms with Gasteiger partial charge in [-0.15, -0.1) is 0 Å². The molecule has 0 spiro atoms. The Kier molecular flexibility index (Phi) is 5.39. The van der Waals surface area contributed by atoms with Crippen molar-refractivity contribution < 1.29 is 9.84 Å². The Hall–Kier alpha value is -1.58. The molecule has 3 nitrogen and oxygen atoms in total. The predicted molar refractivity (Wildman–Crippen MR) is 83.2 cm³/mol. The second kappa shape index (κ2) is 7.27. The normalized spacial score (nSPS) is 11.2. The number of hydrogen-bond acceptors (Lipinski definition) is 3. The van der Waals surface area contributed by atoms with E-state index in [1.54, 1.807) is 0 Å². The Balaban J connectivity index is 2.13. The summed E-state index contributed by atoms with van der Waals surface area (Å²) in [5.41, 5.74) is 0.877. The highest BCUT2D eigenvalue weighted by molar-refractivity contribution is 5.87. The molecule has 0 atom stereocenters. The van der Waals surface area contributed by atoms with Gasteiger partial charge >= 0.3 is 0 Å². The first-order valence-corrected chi connectivity index (χ1v) is 7.26. The molecule has 0 aliphatic heterocycles. The van der Waals surface area contributed by atoms with Crippen molar-refractivity contribution in [2.75, 3.05) is 26.2 Å². The maximum absolute atomic E-state index is 9.63. The van der Waals surface area contributed by atoms with Crippen LogP contribution in [0.4, 0.5) is 0 Å². The monoisotopic (exact) mass is 273 g/mol. The summed E-state index contributed by atoms with van der Waals surface area (Å²) in [5.74, 6) is 0.790. The molecule has 0 saturated carbocycles. The molecular formula is C17H23NO2. The van der Waals surface area contributed by atoms with Crippen LogP contribution in [0.5, 0.6) is 5.75 Å². The van der Waals surface area contributed by atoms with Crippen LogP contribution in [0.25, 0.3) is 10.8 Å². The molecule has 3 heteroatoms. The van der Waals surface area contributed by atoms with Crippen molar-refractivity contribution >= 4 is 10.8 Å². The average molecular weight is 273 g/mol. The average Bonchev–Trinajstić information content (AvgIpc) is 2.51. The Morgan fingerprint density at radius 1 is 1.05 bits per heavy atom. The van der Waals surface area contributed by atoms with Gasteiger partial charge in [0, 0.05) is 12.1 Å². The van der Waals surface area contributed by atoms with Gasteiger partial charge in [-0.1, -0.05) is 44.2 Å². The lowest BCUT2D eigenvalue weighted by atomic mass is 10.0. The molecule has 1 N–H and O–H groups in total. The fourth-order valence-electron chi connectivity index (χ4n) is 2.44. The van der Waals surface area contributed by atoms with Crippen LogP contribution >= 0.6 is 0 Å². The number of aliphatic hydroxyl groups excluding tert-OH is 1. The minimum Gasteiger partial charge on any atom is -0.492 e. The van der Waals surface area contributed by atoms with Gasteiger partial charge in [0.05, 0.1) is 6.61 Å². The van der Waals surface area contributed by atoms with Crippen LogP contribution in [0.3, 0.4) is 0 Å². The molecule has 108 valence electrons. The van der Waals surface area contributed by atoms with Crippen molar-refractivity contribution in [2.45, 2.75) is 20.5 Å². The summed E-state index contributed by atoms with van der Waals surface area (Å²) in [7, 11) is 0. The maximum atomic E-state index is 9.63. The quantitative estimate of drug-likeness (QED) is 0.841. The van der Waals surface area contributed by atoms with Gasteiger partial charge in [0.2, 0.25) is 0 Å². The third kappa shape index (κ3) is 3.30. The molecule has 0 unspecified atom stereocenters. The zero-order chi connectivity index (χ0) is 14.4. The van der Waals surface area contributed by atoms with E-state index in [9.17, 15) is 5.11 Å². The first-order valence-electron chi connectivity index (χ1n) is 7.26. The second-order valence-electron chi connectivity index (χ2n) is 4.80. The van der Waals surface area contributed by atoms with E-state index in [4.69, 9.17) is 4.74 Å². The third-order valence-corrected chi connectivity index (χ3v) is 3.72. The zero-order valence-electron chi connectivity index (χ0n) is 12.3. The van der Waals surface area contributed by atoms with Crippen LogP contribution in [0, 0.1) is 0 Å². The molecule has 2 rings (SSSR count). The Morgan fingerprint density at radius 3 is 2.50 bits per heavy atom. The van der Waals surface area contributed by atoms with E-state index in [0.717, 1.165) is 41.7 Å². The van der Waals surface area contributed by atoms with Gasteiger partial charge in [-0.2, -0.15) is 0 Å². The van der Waals surface area contributed by atoms with E-state index < -0.39 is 0 Å². The zero-order valence-corrected chi connectivity index (χ0v) is 12.3. The number of aliphatic hydroxyl groups is 1. The van der Waals surface area contributed by atoms with Crippen LogP contribution in [-0.2, 0) is 6.61 Å². The molecule has 0 aliphatic carbocycles. The van der Waals surface area contributed by atoms with Gasteiger partial charge in [-0.25, -0.2) is 0 Å². The predicted octanol–water partition coefficient (Wildman–Crippen LogP) is 3.05. The van der Waals surface area contributed by atoms with Crippen molar-refractivity contribution in [2.24, 2.45) is 0 Å². The van der Waals surface area contributed by atoms with Crippen LogP contribution < -0.4 is 4.74 Å². The SMILES string of the molecule is CCN(CC)CCOc1ccc2ccccc2c1CO. The topological polar surface area (TPSA) is 32.7 Å². The molecule has 0 aliphatic rings. The number of ether oxygens (including phenoxy) is 1. The first-order chi connectivity index (χ1) is 9.80. The molecule has 0 heterocycles. The summed E-state index contributed by atoms with van der Waals surface area (Å²) in [4.78, 5) is 2.32. The minimum absolute atomic E-state index is 0.00194. The van der Waals surface area contributed by atoms with E-state index in [1.165, 1.54) is 0 Å². The van der Waals surface area contributed by atoms with E-state index >= 15 is 0 Å². The lowest BCUT2D eigenvalue weighted by molar-refractivity contribution is 0.216. The molecule has 0 bridgehead atoms. The van der Waals surface area contributed by atoms with Gasteiger partial charge in [-0.3, -0.25) is 0 Å². The molecule has 0 radical (unpaired) electrons. The summed E-state index contributed by atoms with van der Waals surface area (Å²) in [6, 6.07) is 12.1. The van der Waals surface area contributed by atoms with Crippen molar-refractivity contribution in [1.29, 1.82) is 0 Å².